The van der Waals surface area contributed by atoms with Gasteiger partial charge in [-0.3, -0.25) is 0 Å². The van der Waals surface area contributed by atoms with E-state index in [1.54, 1.807) is 20.8 Å². The van der Waals surface area contributed by atoms with Gasteiger partial charge >= 0.3 is 12.1 Å². The molecule has 0 bridgehead atoms. The second-order valence-electron chi connectivity index (χ2n) is 5.13. The van der Waals surface area contributed by atoms with Crippen LogP contribution in [-0.4, -0.2) is 47.8 Å². The highest BCUT2D eigenvalue weighted by atomic mass is 16.6. The zero-order chi connectivity index (χ0) is 15.9. The lowest BCUT2D eigenvalue weighted by molar-refractivity contribution is 0.0528. The molecule has 8 nitrogen and oxygen atoms in total. The van der Waals surface area contributed by atoms with Crippen LogP contribution >= 0.6 is 0 Å². The van der Waals surface area contributed by atoms with E-state index < -0.39 is 17.7 Å². The molecule has 8 heteroatoms. The van der Waals surface area contributed by atoms with Gasteiger partial charge in [0.2, 0.25) is 0 Å². The van der Waals surface area contributed by atoms with E-state index in [9.17, 15) is 9.59 Å². The van der Waals surface area contributed by atoms with Crippen molar-refractivity contribution in [2.24, 2.45) is 0 Å². The van der Waals surface area contributed by atoms with Crippen LogP contribution < -0.4 is 10.6 Å². The summed E-state index contributed by atoms with van der Waals surface area (Å²) in [6.07, 6.45) is 2.26. The SMILES string of the molecule is COC(=O)c1cnc(NCCNC(=O)OC(C)(C)C)cn1. The molecule has 1 aromatic heterocycles. The average molecular weight is 296 g/mol. The van der Waals surface area contributed by atoms with Gasteiger partial charge < -0.3 is 20.1 Å². The van der Waals surface area contributed by atoms with E-state index in [1.165, 1.54) is 19.5 Å². The van der Waals surface area contributed by atoms with Crippen LogP contribution in [0.15, 0.2) is 12.4 Å². The summed E-state index contributed by atoms with van der Waals surface area (Å²) in [6, 6.07) is 0. The quantitative estimate of drug-likeness (QED) is 0.621. The van der Waals surface area contributed by atoms with Gasteiger partial charge in [0.15, 0.2) is 5.69 Å². The lowest BCUT2D eigenvalue weighted by atomic mass is 10.2. The van der Waals surface area contributed by atoms with Gasteiger partial charge in [0.1, 0.15) is 11.4 Å². The normalized spacial score (nSPS) is 10.7. The molecule has 0 fully saturated rings. The van der Waals surface area contributed by atoms with E-state index in [0.29, 0.717) is 18.9 Å². The Morgan fingerprint density at radius 3 is 2.43 bits per heavy atom. The van der Waals surface area contributed by atoms with Crippen molar-refractivity contribution in [3.8, 4) is 0 Å². The predicted molar refractivity (Wildman–Crippen MR) is 76.1 cm³/mol. The highest BCUT2D eigenvalue weighted by Gasteiger charge is 2.15. The van der Waals surface area contributed by atoms with Gasteiger partial charge in [-0.15, -0.1) is 0 Å². The molecule has 1 amide bonds. The average Bonchev–Trinajstić information content (AvgIpc) is 2.41. The van der Waals surface area contributed by atoms with Gasteiger partial charge in [-0.1, -0.05) is 0 Å². The van der Waals surface area contributed by atoms with E-state index in [0.717, 1.165) is 0 Å². The summed E-state index contributed by atoms with van der Waals surface area (Å²) in [5.74, 6) is -0.0470. The number of esters is 1. The largest absolute Gasteiger partial charge is 0.464 e. The maximum absolute atomic E-state index is 11.4. The lowest BCUT2D eigenvalue weighted by Crippen LogP contribution is -2.35. The number of carbonyl (C=O) groups excluding carboxylic acids is 2. The van der Waals surface area contributed by atoms with Crippen molar-refractivity contribution in [3.63, 3.8) is 0 Å². The van der Waals surface area contributed by atoms with Gasteiger partial charge in [-0.2, -0.15) is 0 Å². The van der Waals surface area contributed by atoms with Crippen molar-refractivity contribution in [1.82, 2.24) is 15.3 Å². The first-order chi connectivity index (χ1) is 9.81. The van der Waals surface area contributed by atoms with Gasteiger partial charge in [0.05, 0.1) is 19.5 Å². The molecule has 0 atom stereocenters. The minimum Gasteiger partial charge on any atom is -0.464 e. The van der Waals surface area contributed by atoms with E-state index >= 15 is 0 Å². The maximum Gasteiger partial charge on any atom is 0.407 e. The van der Waals surface area contributed by atoms with E-state index in [-0.39, 0.29) is 5.69 Å². The second kappa shape index (κ2) is 7.41. The number of methoxy groups -OCH3 is 1. The fraction of sp³-hybridized carbons (Fsp3) is 0.538. The van der Waals surface area contributed by atoms with Crippen molar-refractivity contribution in [1.29, 1.82) is 0 Å². The summed E-state index contributed by atoms with van der Waals surface area (Å²) in [5, 5.41) is 5.55. The minimum absolute atomic E-state index is 0.134. The summed E-state index contributed by atoms with van der Waals surface area (Å²) in [4.78, 5) is 30.5. The summed E-state index contributed by atoms with van der Waals surface area (Å²) in [6.45, 7) is 6.21. The molecular weight excluding hydrogens is 276 g/mol. The van der Waals surface area contributed by atoms with Crippen molar-refractivity contribution in [2.45, 2.75) is 26.4 Å². The van der Waals surface area contributed by atoms with Crippen LogP contribution in [0.25, 0.3) is 0 Å². The third-order valence-corrected chi connectivity index (χ3v) is 2.15. The van der Waals surface area contributed by atoms with Crippen molar-refractivity contribution >= 4 is 17.9 Å². The zero-order valence-electron chi connectivity index (χ0n) is 12.6. The molecule has 0 aliphatic rings. The Balaban J connectivity index is 2.30. The fourth-order valence-corrected chi connectivity index (χ4v) is 1.30. The molecule has 1 heterocycles. The molecule has 0 aromatic carbocycles. The third-order valence-electron chi connectivity index (χ3n) is 2.15. The molecule has 0 aliphatic carbocycles. The summed E-state index contributed by atoms with van der Waals surface area (Å²) in [7, 11) is 1.28. The Kier molecular flexibility index (Phi) is 5.89. The van der Waals surface area contributed by atoms with Gasteiger partial charge in [0.25, 0.3) is 0 Å². The Bertz CT molecular complexity index is 482. The van der Waals surface area contributed by atoms with Crippen LogP contribution in [0.4, 0.5) is 10.6 Å². The van der Waals surface area contributed by atoms with Crippen molar-refractivity contribution < 1.29 is 19.1 Å². The molecule has 0 aliphatic heterocycles. The number of hydrogen-bond acceptors (Lipinski definition) is 7. The number of carbonyl (C=O) groups is 2. The number of anilines is 1. The van der Waals surface area contributed by atoms with E-state index in [1.807, 2.05) is 0 Å². The number of ether oxygens (including phenoxy) is 2. The number of alkyl carbamates (subject to hydrolysis) is 1. The summed E-state index contributed by atoms with van der Waals surface area (Å²) >= 11 is 0. The number of hydrogen-bond donors (Lipinski definition) is 2. The zero-order valence-corrected chi connectivity index (χ0v) is 12.6. The van der Waals surface area contributed by atoms with Gasteiger partial charge in [-0.25, -0.2) is 19.6 Å². The lowest BCUT2D eigenvalue weighted by Gasteiger charge is -2.19. The Hall–Kier alpha value is -2.38. The van der Waals surface area contributed by atoms with E-state index in [4.69, 9.17) is 4.74 Å². The molecule has 1 rings (SSSR count). The number of nitrogens with zero attached hydrogens (tertiary/aromatic N) is 2. The first kappa shape index (κ1) is 16.7. The third kappa shape index (κ3) is 6.55. The van der Waals surface area contributed by atoms with Crippen LogP contribution in [0, 0.1) is 0 Å². The molecule has 2 N–H and O–H groups in total. The molecule has 0 unspecified atom stereocenters. The van der Waals surface area contributed by atoms with Crippen LogP contribution in [-0.2, 0) is 9.47 Å². The molecule has 0 saturated heterocycles. The number of nitrogens with one attached hydrogen (secondary N) is 2. The number of amides is 1. The summed E-state index contributed by atoms with van der Waals surface area (Å²) in [5.41, 5.74) is -0.387. The Labute approximate surface area is 123 Å². The second-order valence-corrected chi connectivity index (χ2v) is 5.13. The minimum atomic E-state index is -0.541. The number of rotatable bonds is 5. The van der Waals surface area contributed by atoms with Crippen LogP contribution in [0.2, 0.25) is 0 Å². The standard InChI is InChI=1S/C13H20N4O4/c1-13(2,3)21-12(19)15-6-5-14-10-8-16-9(7-17-10)11(18)20-4/h7-8H,5-6H2,1-4H3,(H,14,17)(H,15,19). The molecular formula is C13H20N4O4. The predicted octanol–water partition coefficient (Wildman–Crippen LogP) is 1.20. The first-order valence-corrected chi connectivity index (χ1v) is 6.43. The van der Waals surface area contributed by atoms with Gasteiger partial charge in [-0.05, 0) is 20.8 Å². The van der Waals surface area contributed by atoms with Gasteiger partial charge in [0, 0.05) is 13.1 Å². The molecule has 0 spiro atoms. The molecule has 116 valence electrons. The van der Waals surface area contributed by atoms with Crippen LogP contribution in [0.1, 0.15) is 31.3 Å². The first-order valence-electron chi connectivity index (χ1n) is 6.43. The molecule has 0 saturated carbocycles. The molecule has 21 heavy (non-hydrogen) atoms. The monoisotopic (exact) mass is 296 g/mol. The molecule has 0 radical (unpaired) electrons. The topological polar surface area (TPSA) is 102 Å². The van der Waals surface area contributed by atoms with Crippen LogP contribution in [0.3, 0.4) is 0 Å². The number of aromatic nitrogens is 2. The highest BCUT2D eigenvalue weighted by molar-refractivity contribution is 5.86. The summed E-state index contributed by atoms with van der Waals surface area (Å²) < 4.78 is 9.60. The highest BCUT2D eigenvalue weighted by Crippen LogP contribution is 2.06. The van der Waals surface area contributed by atoms with E-state index in [2.05, 4.69) is 25.3 Å². The molecule has 1 aromatic rings. The smallest absolute Gasteiger partial charge is 0.407 e. The Morgan fingerprint density at radius 2 is 1.90 bits per heavy atom. The maximum atomic E-state index is 11.4. The van der Waals surface area contributed by atoms with Crippen molar-refractivity contribution in [3.05, 3.63) is 18.1 Å². The Morgan fingerprint density at radius 1 is 1.19 bits per heavy atom. The van der Waals surface area contributed by atoms with Crippen LogP contribution in [0.5, 0.6) is 0 Å². The van der Waals surface area contributed by atoms with Crippen molar-refractivity contribution in [2.75, 3.05) is 25.5 Å². The fourth-order valence-electron chi connectivity index (χ4n) is 1.30.